The van der Waals surface area contributed by atoms with Crippen molar-refractivity contribution in [3.63, 3.8) is 0 Å². The maximum atomic E-state index is 12.1. The first-order chi connectivity index (χ1) is 16.5. The van der Waals surface area contributed by atoms with E-state index in [9.17, 15) is 14.7 Å². The molecule has 3 aromatic carbocycles. The molecule has 0 radical (unpaired) electrons. The lowest BCUT2D eigenvalue weighted by Crippen LogP contribution is -2.04. The Bertz CT molecular complexity index is 1260. The van der Waals surface area contributed by atoms with Crippen LogP contribution in [0.2, 0.25) is 0 Å². The summed E-state index contributed by atoms with van der Waals surface area (Å²) >= 11 is 0. The van der Waals surface area contributed by atoms with E-state index in [1.165, 1.54) is 38.5 Å². The van der Waals surface area contributed by atoms with Crippen LogP contribution < -0.4 is 23.7 Å². The quantitative estimate of drug-likeness (QED) is 0.368. The summed E-state index contributed by atoms with van der Waals surface area (Å²) in [6.07, 6.45) is 2.70. The Morgan fingerprint density at radius 1 is 0.882 bits per heavy atom. The lowest BCUT2D eigenvalue weighted by atomic mass is 10.1. The predicted octanol–water partition coefficient (Wildman–Crippen LogP) is 4.89. The van der Waals surface area contributed by atoms with Crippen LogP contribution in [-0.4, -0.2) is 38.1 Å². The Hall–Kier alpha value is -4.66. The van der Waals surface area contributed by atoms with Gasteiger partial charge in [0, 0.05) is 17.7 Å². The van der Waals surface area contributed by atoms with E-state index in [1.807, 2.05) is 0 Å². The smallest absolute Gasteiger partial charge is 0.343 e. The van der Waals surface area contributed by atoms with Crippen molar-refractivity contribution in [2.75, 3.05) is 21.0 Å². The molecule has 9 heteroatoms. The molecule has 0 saturated heterocycles. The third-order valence-corrected chi connectivity index (χ3v) is 4.81. The number of ether oxygens (including phenoxy) is 6. The molecule has 0 unspecified atom stereocenters. The largest absolute Gasteiger partial charge is 0.497 e. The molecule has 1 heterocycles. The molecule has 34 heavy (non-hydrogen) atoms. The molecule has 0 saturated carbocycles. The highest BCUT2D eigenvalue weighted by atomic mass is 16.7. The van der Waals surface area contributed by atoms with Gasteiger partial charge in [-0.25, -0.2) is 9.59 Å². The minimum Gasteiger partial charge on any atom is -0.497 e. The van der Waals surface area contributed by atoms with Gasteiger partial charge in [-0.3, -0.25) is 0 Å². The highest BCUT2D eigenvalue weighted by molar-refractivity contribution is 5.94. The van der Waals surface area contributed by atoms with Crippen LogP contribution in [0, 0.1) is 0 Å². The van der Waals surface area contributed by atoms with Crippen LogP contribution in [0.15, 0.2) is 60.7 Å². The standard InChI is InChI=1S/C25H20O9/c1-29-16-7-9-18(15(12-16)6-11-23(26)30-2)34-21-5-3-4-20(24(21)25(27)28)33-17-8-10-19-22(13-17)32-14-31-19/h3-13H,14H2,1-2H3,(H,27,28). The lowest BCUT2D eigenvalue weighted by Gasteiger charge is -2.15. The van der Waals surface area contributed by atoms with Crippen LogP contribution in [-0.2, 0) is 9.53 Å². The second-order valence-corrected chi connectivity index (χ2v) is 6.91. The number of hydrogen-bond donors (Lipinski definition) is 1. The van der Waals surface area contributed by atoms with Gasteiger partial charge in [0.15, 0.2) is 11.5 Å². The van der Waals surface area contributed by atoms with Crippen molar-refractivity contribution >= 4 is 18.0 Å². The molecular weight excluding hydrogens is 444 g/mol. The van der Waals surface area contributed by atoms with Gasteiger partial charge in [-0.05, 0) is 48.5 Å². The first kappa shape index (κ1) is 22.5. The third-order valence-electron chi connectivity index (χ3n) is 4.81. The number of rotatable bonds is 8. The molecule has 0 aliphatic carbocycles. The fourth-order valence-corrected chi connectivity index (χ4v) is 3.18. The normalized spacial score (nSPS) is 11.8. The second-order valence-electron chi connectivity index (χ2n) is 6.91. The average molecular weight is 464 g/mol. The Labute approximate surface area is 194 Å². The summed E-state index contributed by atoms with van der Waals surface area (Å²) < 4.78 is 32.3. The molecule has 0 spiro atoms. The first-order valence-electron chi connectivity index (χ1n) is 10.0. The number of benzene rings is 3. The minimum atomic E-state index is -1.24. The van der Waals surface area contributed by atoms with Crippen molar-refractivity contribution in [3.8, 4) is 40.2 Å². The molecule has 0 aromatic heterocycles. The molecule has 0 amide bonds. The topological polar surface area (TPSA) is 110 Å². The van der Waals surface area contributed by atoms with E-state index in [4.69, 9.17) is 23.7 Å². The number of carboxylic acids is 1. The van der Waals surface area contributed by atoms with Gasteiger partial charge >= 0.3 is 11.9 Å². The monoisotopic (exact) mass is 464 g/mol. The van der Waals surface area contributed by atoms with E-state index in [2.05, 4.69) is 4.74 Å². The molecule has 1 aliphatic heterocycles. The molecule has 9 nitrogen and oxygen atoms in total. The fraction of sp³-hybridized carbons (Fsp3) is 0.120. The van der Waals surface area contributed by atoms with Crippen molar-refractivity contribution in [3.05, 3.63) is 71.8 Å². The zero-order valence-corrected chi connectivity index (χ0v) is 18.3. The van der Waals surface area contributed by atoms with Crippen LogP contribution >= 0.6 is 0 Å². The number of fused-ring (bicyclic) bond motifs is 1. The summed E-state index contributed by atoms with van der Waals surface area (Å²) in [4.78, 5) is 23.7. The van der Waals surface area contributed by atoms with Crippen molar-refractivity contribution in [1.82, 2.24) is 0 Å². The summed E-state index contributed by atoms with van der Waals surface area (Å²) in [7, 11) is 2.77. The van der Waals surface area contributed by atoms with Gasteiger partial charge < -0.3 is 33.5 Å². The highest BCUT2D eigenvalue weighted by Gasteiger charge is 2.21. The Kier molecular flexibility index (Phi) is 6.54. The van der Waals surface area contributed by atoms with Crippen molar-refractivity contribution in [2.24, 2.45) is 0 Å². The summed E-state index contributed by atoms with van der Waals surface area (Å²) in [6, 6.07) is 14.5. The SMILES string of the molecule is COC(=O)C=Cc1cc(OC)ccc1Oc1cccc(Oc2ccc3c(c2)OCO3)c1C(=O)O. The number of carboxylic acid groups (broad SMARTS) is 1. The van der Waals surface area contributed by atoms with Gasteiger partial charge in [0.25, 0.3) is 0 Å². The Morgan fingerprint density at radius 3 is 2.35 bits per heavy atom. The number of aromatic carboxylic acids is 1. The van der Waals surface area contributed by atoms with E-state index in [1.54, 1.807) is 42.5 Å². The molecule has 0 fully saturated rings. The molecular formula is C25H20O9. The first-order valence-corrected chi connectivity index (χ1v) is 10.0. The van der Waals surface area contributed by atoms with E-state index >= 15 is 0 Å². The molecule has 3 aromatic rings. The summed E-state index contributed by atoms with van der Waals surface area (Å²) in [5.74, 6) is 0.587. The zero-order valence-electron chi connectivity index (χ0n) is 18.3. The van der Waals surface area contributed by atoms with Gasteiger partial charge in [0.05, 0.1) is 14.2 Å². The van der Waals surface area contributed by atoms with Gasteiger partial charge in [0.1, 0.15) is 34.3 Å². The molecule has 0 atom stereocenters. The summed E-state index contributed by atoms with van der Waals surface area (Å²) in [6.45, 7) is 0.108. The van der Waals surface area contributed by atoms with E-state index in [0.717, 1.165) is 0 Å². The van der Waals surface area contributed by atoms with E-state index < -0.39 is 11.9 Å². The molecule has 1 aliphatic rings. The van der Waals surface area contributed by atoms with E-state index in [0.29, 0.717) is 34.3 Å². The summed E-state index contributed by atoms with van der Waals surface area (Å²) in [5.41, 5.74) is 0.294. The van der Waals surface area contributed by atoms with Gasteiger partial charge in [-0.15, -0.1) is 0 Å². The molecule has 4 rings (SSSR count). The van der Waals surface area contributed by atoms with Crippen LogP contribution in [0.4, 0.5) is 0 Å². The number of carbonyl (C=O) groups excluding carboxylic acids is 1. The van der Waals surface area contributed by atoms with Crippen LogP contribution in [0.25, 0.3) is 6.08 Å². The van der Waals surface area contributed by atoms with Crippen molar-refractivity contribution < 1.29 is 43.1 Å². The second kappa shape index (κ2) is 9.86. The van der Waals surface area contributed by atoms with Crippen molar-refractivity contribution in [2.45, 2.75) is 0 Å². The zero-order chi connectivity index (χ0) is 24.1. The number of carbonyl (C=O) groups is 2. The maximum Gasteiger partial charge on any atom is 0.343 e. The average Bonchev–Trinajstić information content (AvgIpc) is 3.31. The molecule has 0 bridgehead atoms. The fourth-order valence-electron chi connectivity index (χ4n) is 3.18. The van der Waals surface area contributed by atoms with Crippen LogP contribution in [0.1, 0.15) is 15.9 Å². The molecule has 1 N–H and O–H groups in total. The number of methoxy groups -OCH3 is 2. The number of hydrogen-bond acceptors (Lipinski definition) is 8. The lowest BCUT2D eigenvalue weighted by molar-refractivity contribution is -0.134. The van der Waals surface area contributed by atoms with Crippen LogP contribution in [0.5, 0.6) is 40.2 Å². The van der Waals surface area contributed by atoms with Gasteiger partial charge in [-0.2, -0.15) is 0 Å². The third kappa shape index (κ3) is 4.88. The summed E-state index contributed by atoms with van der Waals surface area (Å²) in [5, 5.41) is 9.92. The molecule has 174 valence electrons. The highest BCUT2D eigenvalue weighted by Crippen LogP contribution is 2.40. The Morgan fingerprint density at radius 2 is 1.62 bits per heavy atom. The van der Waals surface area contributed by atoms with Crippen molar-refractivity contribution in [1.29, 1.82) is 0 Å². The number of esters is 1. The van der Waals surface area contributed by atoms with Gasteiger partial charge in [-0.1, -0.05) is 6.07 Å². The van der Waals surface area contributed by atoms with Crippen LogP contribution in [0.3, 0.4) is 0 Å². The Balaban J connectivity index is 1.68. The van der Waals surface area contributed by atoms with Gasteiger partial charge in [0.2, 0.25) is 6.79 Å². The maximum absolute atomic E-state index is 12.1. The minimum absolute atomic E-state index is 0.0450. The predicted molar refractivity (Wildman–Crippen MR) is 120 cm³/mol. The van der Waals surface area contributed by atoms with E-state index in [-0.39, 0.29) is 23.9 Å².